The molecule has 0 amide bonds. The van der Waals surface area contributed by atoms with Crippen molar-refractivity contribution in [1.29, 1.82) is 0 Å². The van der Waals surface area contributed by atoms with Gasteiger partial charge in [0.15, 0.2) is 0 Å². The van der Waals surface area contributed by atoms with Gasteiger partial charge in [-0.25, -0.2) is 13.2 Å². The molecule has 0 atom stereocenters. The summed E-state index contributed by atoms with van der Waals surface area (Å²) in [6.45, 7) is 2.18. The fraction of sp³-hybridized carbons (Fsp3) is 0.667. The minimum atomic E-state index is -2.55. The third-order valence-electron chi connectivity index (χ3n) is 6.35. The maximum atomic E-state index is 13.3. The van der Waals surface area contributed by atoms with Gasteiger partial charge in [-0.05, 0) is 76.1 Å². The average molecular weight is 392 g/mol. The Balaban J connectivity index is 1.25. The Morgan fingerprint density at radius 2 is 1.75 bits per heavy atom. The lowest BCUT2D eigenvalue weighted by molar-refractivity contribution is 0.0854. The number of pyridine rings is 1. The smallest absolute Gasteiger partial charge is 0.278 e. The number of rotatable bonds is 5. The van der Waals surface area contributed by atoms with Crippen molar-refractivity contribution in [2.24, 2.45) is 16.1 Å². The first-order chi connectivity index (χ1) is 13.6. The zero-order valence-corrected chi connectivity index (χ0v) is 16.0. The highest BCUT2D eigenvalue weighted by Gasteiger charge is 2.29. The van der Waals surface area contributed by atoms with Crippen molar-refractivity contribution >= 4 is 11.4 Å². The Bertz CT molecular complexity index is 716. The van der Waals surface area contributed by atoms with Gasteiger partial charge in [-0.15, -0.1) is 0 Å². The van der Waals surface area contributed by atoms with E-state index in [1.165, 1.54) is 0 Å². The molecular weight excluding hydrogens is 365 g/mol. The summed E-state index contributed by atoms with van der Waals surface area (Å²) in [5.74, 6) is 0.615. The third-order valence-corrected chi connectivity index (χ3v) is 6.35. The molecule has 0 N–H and O–H groups in total. The fourth-order valence-corrected chi connectivity index (χ4v) is 4.58. The summed E-state index contributed by atoms with van der Waals surface area (Å²) in [5, 5.41) is 7.43. The molecule has 28 heavy (non-hydrogen) atoms. The van der Waals surface area contributed by atoms with Crippen molar-refractivity contribution in [3.05, 3.63) is 29.6 Å². The van der Waals surface area contributed by atoms with Gasteiger partial charge in [0.1, 0.15) is 11.9 Å². The van der Waals surface area contributed by atoms with Crippen LogP contribution in [0.3, 0.4) is 0 Å². The number of nitrogens with zero attached hydrogens (tertiary/aromatic N) is 4. The molecule has 2 aliphatic heterocycles. The Labute approximate surface area is 163 Å². The molecule has 0 bridgehead atoms. The van der Waals surface area contributed by atoms with Gasteiger partial charge in [0.25, 0.3) is 6.43 Å². The summed E-state index contributed by atoms with van der Waals surface area (Å²) < 4.78 is 38.7. The lowest BCUT2D eigenvalue weighted by Gasteiger charge is -2.39. The van der Waals surface area contributed by atoms with Crippen LogP contribution in [-0.2, 0) is 6.42 Å². The van der Waals surface area contributed by atoms with Gasteiger partial charge in [-0.3, -0.25) is 4.98 Å². The van der Waals surface area contributed by atoms with Crippen LogP contribution >= 0.6 is 0 Å². The molecule has 152 valence electrons. The zero-order chi connectivity index (χ0) is 19.5. The molecule has 0 unspecified atom stereocenters. The Morgan fingerprint density at radius 1 is 1.00 bits per heavy atom. The predicted octanol–water partition coefficient (Wildman–Crippen LogP) is 4.43. The van der Waals surface area contributed by atoms with Gasteiger partial charge in [-0.1, -0.05) is 0 Å². The van der Waals surface area contributed by atoms with Gasteiger partial charge in [0, 0.05) is 29.9 Å². The fourth-order valence-electron chi connectivity index (χ4n) is 4.58. The largest absolute Gasteiger partial charge is 0.300 e. The van der Waals surface area contributed by atoms with E-state index >= 15 is 0 Å². The van der Waals surface area contributed by atoms with Crippen molar-refractivity contribution in [2.45, 2.75) is 70.0 Å². The van der Waals surface area contributed by atoms with Crippen LogP contribution in [0.1, 0.15) is 56.2 Å². The number of hydrogen-bond acceptors (Lipinski definition) is 4. The summed E-state index contributed by atoms with van der Waals surface area (Å²) >= 11 is 0. The van der Waals surface area contributed by atoms with Crippen LogP contribution in [0.25, 0.3) is 0 Å². The van der Waals surface area contributed by atoms with Crippen LogP contribution < -0.4 is 0 Å². The molecule has 3 heterocycles. The number of halogens is 3. The molecule has 4 rings (SSSR count). The van der Waals surface area contributed by atoms with E-state index in [1.54, 1.807) is 6.20 Å². The quantitative estimate of drug-likeness (QED) is 0.744. The van der Waals surface area contributed by atoms with Gasteiger partial charge in [-0.2, -0.15) is 10.2 Å². The molecule has 0 radical (unpaired) electrons. The van der Waals surface area contributed by atoms with Crippen LogP contribution in [0.5, 0.6) is 0 Å². The molecule has 4 nitrogen and oxygen atoms in total. The Morgan fingerprint density at radius 3 is 2.36 bits per heavy atom. The first-order valence-corrected chi connectivity index (χ1v) is 10.3. The lowest BCUT2D eigenvalue weighted by atomic mass is 9.87. The van der Waals surface area contributed by atoms with E-state index in [1.807, 2.05) is 12.1 Å². The summed E-state index contributed by atoms with van der Waals surface area (Å²) in [6.07, 6.45) is 5.35. The average Bonchev–Trinajstić information content (AvgIpc) is 3.21. The van der Waals surface area contributed by atoms with Crippen LogP contribution in [0, 0.1) is 5.92 Å². The molecule has 0 aromatic carbocycles. The van der Waals surface area contributed by atoms with Gasteiger partial charge in [0.2, 0.25) is 0 Å². The monoisotopic (exact) mass is 392 g/mol. The minimum absolute atomic E-state index is 0.0987. The van der Waals surface area contributed by atoms with Crippen molar-refractivity contribution in [1.82, 2.24) is 9.88 Å². The maximum Gasteiger partial charge on any atom is 0.278 e. The van der Waals surface area contributed by atoms with Gasteiger partial charge < -0.3 is 4.90 Å². The molecule has 7 heteroatoms. The highest BCUT2D eigenvalue weighted by atomic mass is 19.3. The number of likely N-dealkylation sites (tertiary alicyclic amines) is 1. The van der Waals surface area contributed by atoms with E-state index < -0.39 is 12.6 Å². The van der Waals surface area contributed by atoms with E-state index in [2.05, 4.69) is 20.1 Å². The van der Waals surface area contributed by atoms with Crippen LogP contribution in [0.4, 0.5) is 13.2 Å². The van der Waals surface area contributed by atoms with Crippen LogP contribution in [0.15, 0.2) is 28.5 Å². The van der Waals surface area contributed by atoms with Crippen molar-refractivity contribution < 1.29 is 13.2 Å². The highest BCUT2D eigenvalue weighted by molar-refractivity contribution is 6.15. The van der Waals surface area contributed by atoms with Crippen molar-refractivity contribution in [3.63, 3.8) is 0 Å². The van der Waals surface area contributed by atoms with E-state index in [9.17, 15) is 13.2 Å². The number of alkyl halides is 3. The molecule has 1 aromatic heterocycles. The van der Waals surface area contributed by atoms with Crippen molar-refractivity contribution in [3.8, 4) is 0 Å². The van der Waals surface area contributed by atoms with Gasteiger partial charge in [0.05, 0.1) is 5.71 Å². The molecule has 1 saturated heterocycles. The second-order valence-electron chi connectivity index (χ2n) is 8.24. The number of piperidine rings is 1. The second kappa shape index (κ2) is 8.72. The highest BCUT2D eigenvalue weighted by Crippen LogP contribution is 2.29. The Hall–Kier alpha value is -1.76. The molecule has 1 aliphatic carbocycles. The number of aromatic nitrogens is 1. The van der Waals surface area contributed by atoms with E-state index in [4.69, 9.17) is 0 Å². The maximum absolute atomic E-state index is 13.3. The van der Waals surface area contributed by atoms with Crippen LogP contribution in [0.2, 0.25) is 0 Å². The summed E-state index contributed by atoms with van der Waals surface area (Å²) in [5.41, 5.74) is 2.19. The molecule has 3 aliphatic rings. The van der Waals surface area contributed by atoms with E-state index in [-0.39, 0.29) is 12.1 Å². The molecular formula is C21H27F3N4. The number of hydrogen-bond donors (Lipinski definition) is 0. The lowest BCUT2D eigenvalue weighted by Crippen LogP contribution is -2.43. The molecule has 1 aromatic rings. The topological polar surface area (TPSA) is 40.9 Å². The van der Waals surface area contributed by atoms with Gasteiger partial charge >= 0.3 is 0 Å². The Kier molecular flexibility index (Phi) is 6.09. The normalized spacial score (nSPS) is 27.1. The van der Waals surface area contributed by atoms with E-state index in [0.29, 0.717) is 17.7 Å². The minimum Gasteiger partial charge on any atom is -0.300 e. The third kappa shape index (κ3) is 4.62. The van der Waals surface area contributed by atoms with E-state index in [0.717, 1.165) is 69.3 Å². The predicted molar refractivity (Wildman–Crippen MR) is 104 cm³/mol. The molecule has 2 fully saturated rings. The SMILES string of the molecule is FC1CCC(N2CCC(Cc3ccc(C4=NN=C(C(F)F)C4)cn3)CC2)CC1. The first-order valence-electron chi connectivity index (χ1n) is 10.3. The van der Waals surface area contributed by atoms with Crippen LogP contribution in [-0.4, -0.2) is 53.0 Å². The summed E-state index contributed by atoms with van der Waals surface area (Å²) in [7, 11) is 0. The summed E-state index contributed by atoms with van der Waals surface area (Å²) in [4.78, 5) is 7.08. The standard InChI is InChI=1S/C21H27F3N4/c22-16-2-5-18(6-3-16)28-9-7-14(8-10-28)11-17-4-1-15(13-25-17)19-12-20(21(23)24)27-26-19/h1,4,13-14,16,18,21H,2-3,5-12H2. The summed E-state index contributed by atoms with van der Waals surface area (Å²) in [6, 6.07) is 4.46. The first kappa shape index (κ1) is 19.6. The zero-order valence-electron chi connectivity index (χ0n) is 16.0. The molecule has 0 spiro atoms. The van der Waals surface area contributed by atoms with Crippen molar-refractivity contribution in [2.75, 3.05) is 13.1 Å². The second-order valence-corrected chi connectivity index (χ2v) is 8.24. The molecule has 1 saturated carbocycles.